The van der Waals surface area contributed by atoms with Gasteiger partial charge in [-0.15, -0.1) is 0 Å². The molecule has 2 saturated heterocycles. The van der Waals surface area contributed by atoms with E-state index in [1.165, 1.54) is 6.42 Å². The van der Waals surface area contributed by atoms with Crippen molar-refractivity contribution >= 4 is 6.09 Å². The van der Waals surface area contributed by atoms with Crippen molar-refractivity contribution in [3.63, 3.8) is 0 Å². The SMILES string of the molecule is CO[C@H]1CN(C(=O)OC(C)(C)C)CC1NCC1CCCOC1. The molecule has 0 bridgehead atoms. The second-order valence-electron chi connectivity index (χ2n) is 7.26. The summed E-state index contributed by atoms with van der Waals surface area (Å²) in [6.07, 6.45) is 2.08. The Balaban J connectivity index is 1.82. The van der Waals surface area contributed by atoms with Crippen LogP contribution in [0.1, 0.15) is 33.6 Å². The van der Waals surface area contributed by atoms with Crippen LogP contribution in [0.2, 0.25) is 0 Å². The maximum Gasteiger partial charge on any atom is 0.410 e. The third-order valence-corrected chi connectivity index (χ3v) is 4.14. The molecule has 0 aromatic carbocycles. The molecule has 0 aliphatic carbocycles. The molecule has 2 rings (SSSR count). The average Bonchev–Trinajstić information content (AvgIpc) is 2.88. The van der Waals surface area contributed by atoms with Gasteiger partial charge >= 0.3 is 6.09 Å². The Bertz CT molecular complexity index is 364. The Kier molecular flexibility index (Phi) is 6.06. The van der Waals surface area contributed by atoms with Gasteiger partial charge in [-0.2, -0.15) is 0 Å². The molecule has 2 aliphatic heterocycles. The van der Waals surface area contributed by atoms with Gasteiger partial charge in [0, 0.05) is 26.8 Å². The van der Waals surface area contributed by atoms with Crippen LogP contribution in [-0.2, 0) is 14.2 Å². The Labute approximate surface area is 133 Å². The fraction of sp³-hybridized carbons (Fsp3) is 0.938. The van der Waals surface area contributed by atoms with Crippen LogP contribution in [-0.4, -0.2) is 68.7 Å². The highest BCUT2D eigenvalue weighted by atomic mass is 16.6. The van der Waals surface area contributed by atoms with Crippen molar-refractivity contribution in [1.82, 2.24) is 10.2 Å². The standard InChI is InChI=1S/C16H30N2O4/c1-16(2,3)22-15(19)18-9-13(14(10-18)20-4)17-8-12-6-5-7-21-11-12/h12-14,17H,5-11H2,1-4H3/t12?,13?,14-/m0/s1. The number of hydrogen-bond donors (Lipinski definition) is 1. The second kappa shape index (κ2) is 7.62. The van der Waals surface area contributed by atoms with Crippen LogP contribution in [0.15, 0.2) is 0 Å². The molecule has 2 heterocycles. The summed E-state index contributed by atoms with van der Waals surface area (Å²) in [5, 5.41) is 3.55. The average molecular weight is 314 g/mol. The van der Waals surface area contributed by atoms with Gasteiger partial charge in [0.15, 0.2) is 0 Å². The van der Waals surface area contributed by atoms with Crippen molar-refractivity contribution in [2.24, 2.45) is 5.92 Å². The molecule has 0 aromatic heterocycles. The number of nitrogens with zero attached hydrogens (tertiary/aromatic N) is 1. The summed E-state index contributed by atoms with van der Waals surface area (Å²) in [6.45, 7) is 9.47. The molecule has 2 unspecified atom stereocenters. The highest BCUT2D eigenvalue weighted by Crippen LogP contribution is 2.19. The summed E-state index contributed by atoms with van der Waals surface area (Å²) in [7, 11) is 1.70. The van der Waals surface area contributed by atoms with Gasteiger partial charge in [-0.05, 0) is 39.5 Å². The van der Waals surface area contributed by atoms with Gasteiger partial charge in [-0.3, -0.25) is 0 Å². The first-order valence-electron chi connectivity index (χ1n) is 8.21. The van der Waals surface area contributed by atoms with Crippen LogP contribution in [0.3, 0.4) is 0 Å². The lowest BCUT2D eigenvalue weighted by Gasteiger charge is -2.26. The number of hydrogen-bond acceptors (Lipinski definition) is 5. The summed E-state index contributed by atoms with van der Waals surface area (Å²) in [6, 6.07) is 0.152. The van der Waals surface area contributed by atoms with Crippen LogP contribution >= 0.6 is 0 Å². The first-order valence-corrected chi connectivity index (χ1v) is 8.21. The van der Waals surface area contributed by atoms with Crippen LogP contribution in [0.4, 0.5) is 4.79 Å². The van der Waals surface area contributed by atoms with E-state index >= 15 is 0 Å². The fourth-order valence-corrected chi connectivity index (χ4v) is 2.97. The lowest BCUT2D eigenvalue weighted by molar-refractivity contribution is 0.0252. The number of carbonyl (C=O) groups excluding carboxylic acids is 1. The highest BCUT2D eigenvalue weighted by Gasteiger charge is 2.37. The third-order valence-electron chi connectivity index (χ3n) is 4.14. The zero-order valence-electron chi connectivity index (χ0n) is 14.3. The summed E-state index contributed by atoms with van der Waals surface area (Å²) in [4.78, 5) is 13.9. The Morgan fingerprint density at radius 1 is 1.36 bits per heavy atom. The number of nitrogens with one attached hydrogen (secondary N) is 1. The topological polar surface area (TPSA) is 60.0 Å². The normalized spacial score (nSPS) is 29.6. The Hall–Kier alpha value is -0.850. The number of amides is 1. The molecule has 3 atom stereocenters. The third kappa shape index (κ3) is 5.11. The summed E-state index contributed by atoms with van der Waals surface area (Å²) >= 11 is 0. The van der Waals surface area contributed by atoms with E-state index in [-0.39, 0.29) is 18.2 Å². The Morgan fingerprint density at radius 3 is 2.73 bits per heavy atom. The minimum atomic E-state index is -0.468. The maximum absolute atomic E-state index is 12.2. The zero-order valence-corrected chi connectivity index (χ0v) is 14.3. The molecule has 1 N–H and O–H groups in total. The van der Waals surface area contributed by atoms with Crippen LogP contribution in [0, 0.1) is 5.92 Å². The summed E-state index contributed by atoms with van der Waals surface area (Å²) < 4.78 is 16.5. The van der Waals surface area contributed by atoms with Gasteiger partial charge in [0.05, 0.1) is 25.3 Å². The lowest BCUT2D eigenvalue weighted by Crippen LogP contribution is -2.43. The first kappa shape index (κ1) is 17.5. The van der Waals surface area contributed by atoms with Gasteiger partial charge in [-0.25, -0.2) is 4.79 Å². The first-order chi connectivity index (χ1) is 10.4. The van der Waals surface area contributed by atoms with E-state index in [4.69, 9.17) is 14.2 Å². The molecule has 0 aromatic rings. The Morgan fingerprint density at radius 2 is 2.14 bits per heavy atom. The van der Waals surface area contributed by atoms with Crippen molar-refractivity contribution in [2.75, 3.05) is 40.0 Å². The molecule has 2 aliphatic rings. The molecule has 6 nitrogen and oxygen atoms in total. The number of methoxy groups -OCH3 is 1. The summed E-state index contributed by atoms with van der Waals surface area (Å²) in [5.41, 5.74) is -0.468. The number of likely N-dealkylation sites (tertiary alicyclic amines) is 1. The second-order valence-corrected chi connectivity index (χ2v) is 7.26. The minimum absolute atomic E-state index is 0.0111. The van der Waals surface area contributed by atoms with E-state index in [9.17, 15) is 4.79 Å². The zero-order chi connectivity index (χ0) is 16.2. The number of carbonyl (C=O) groups is 1. The molecular weight excluding hydrogens is 284 g/mol. The van der Waals surface area contributed by atoms with Gasteiger partial charge in [0.2, 0.25) is 0 Å². The van der Waals surface area contributed by atoms with Crippen molar-refractivity contribution in [3.8, 4) is 0 Å². The van der Waals surface area contributed by atoms with Crippen molar-refractivity contribution < 1.29 is 19.0 Å². The fourth-order valence-electron chi connectivity index (χ4n) is 2.97. The van der Waals surface area contributed by atoms with Crippen LogP contribution < -0.4 is 5.32 Å². The number of rotatable bonds is 4. The molecule has 2 fully saturated rings. The number of ether oxygens (including phenoxy) is 3. The predicted octanol–water partition coefficient (Wildman–Crippen LogP) is 1.64. The lowest BCUT2D eigenvalue weighted by atomic mass is 10.0. The predicted molar refractivity (Wildman–Crippen MR) is 83.9 cm³/mol. The molecule has 0 saturated carbocycles. The van der Waals surface area contributed by atoms with E-state index in [2.05, 4.69) is 5.32 Å². The van der Waals surface area contributed by atoms with Crippen molar-refractivity contribution in [1.29, 1.82) is 0 Å². The van der Waals surface area contributed by atoms with E-state index in [1.807, 2.05) is 20.8 Å². The van der Waals surface area contributed by atoms with Gasteiger partial charge in [0.25, 0.3) is 0 Å². The van der Waals surface area contributed by atoms with Crippen molar-refractivity contribution in [3.05, 3.63) is 0 Å². The highest BCUT2D eigenvalue weighted by molar-refractivity contribution is 5.68. The van der Waals surface area contributed by atoms with Gasteiger partial charge < -0.3 is 24.4 Å². The van der Waals surface area contributed by atoms with Crippen LogP contribution in [0.5, 0.6) is 0 Å². The molecule has 128 valence electrons. The van der Waals surface area contributed by atoms with E-state index in [0.717, 1.165) is 26.2 Å². The molecular formula is C16H30N2O4. The maximum atomic E-state index is 12.2. The van der Waals surface area contributed by atoms with Gasteiger partial charge in [-0.1, -0.05) is 0 Å². The molecule has 6 heteroatoms. The van der Waals surface area contributed by atoms with Crippen molar-refractivity contribution in [2.45, 2.75) is 51.4 Å². The summed E-state index contributed by atoms with van der Waals surface area (Å²) in [5.74, 6) is 0.557. The van der Waals surface area contributed by atoms with Crippen LogP contribution in [0.25, 0.3) is 0 Å². The molecule has 0 spiro atoms. The largest absolute Gasteiger partial charge is 0.444 e. The monoisotopic (exact) mass is 314 g/mol. The molecule has 22 heavy (non-hydrogen) atoms. The molecule has 1 amide bonds. The minimum Gasteiger partial charge on any atom is -0.444 e. The smallest absolute Gasteiger partial charge is 0.410 e. The van der Waals surface area contributed by atoms with Gasteiger partial charge in [0.1, 0.15) is 5.60 Å². The molecule has 0 radical (unpaired) electrons. The van der Waals surface area contributed by atoms with E-state index in [1.54, 1.807) is 12.0 Å². The quantitative estimate of drug-likeness (QED) is 0.855. The van der Waals surface area contributed by atoms with E-state index < -0.39 is 5.60 Å². The van der Waals surface area contributed by atoms with E-state index in [0.29, 0.717) is 19.0 Å².